The summed E-state index contributed by atoms with van der Waals surface area (Å²) in [5.74, 6) is 1.55. The van der Waals surface area contributed by atoms with Crippen molar-refractivity contribution in [1.82, 2.24) is 10.2 Å². The third-order valence-electron chi connectivity index (χ3n) is 4.75. The van der Waals surface area contributed by atoms with Crippen molar-refractivity contribution in [1.29, 1.82) is 0 Å². The average molecular weight is 238 g/mol. The first-order valence-electron chi connectivity index (χ1n) is 6.94. The molecule has 17 heavy (non-hydrogen) atoms. The van der Waals surface area contributed by atoms with Gasteiger partial charge in [0.25, 0.3) is 0 Å². The fourth-order valence-corrected chi connectivity index (χ4v) is 3.80. The molecule has 3 fully saturated rings. The zero-order chi connectivity index (χ0) is 11.8. The third kappa shape index (κ3) is 2.20. The van der Waals surface area contributed by atoms with Crippen LogP contribution in [0.15, 0.2) is 0 Å². The molecule has 96 valence electrons. The Morgan fingerprint density at radius 1 is 1.18 bits per heavy atom. The minimum absolute atomic E-state index is 0.101. The molecule has 4 heteroatoms. The number of rotatable bonds is 1. The molecule has 2 heterocycles. The van der Waals surface area contributed by atoms with Crippen LogP contribution >= 0.6 is 0 Å². The standard InChI is InChI=1S/C13H22N2O2/c16-11-4-3-9-7-15(8-10(9)6-11)12-2-1-5-14-13(12)17/h9-12,16H,1-8H2,(H,14,17). The van der Waals surface area contributed by atoms with Crippen molar-refractivity contribution in [3.8, 4) is 0 Å². The summed E-state index contributed by atoms with van der Waals surface area (Å²) in [4.78, 5) is 14.2. The van der Waals surface area contributed by atoms with Gasteiger partial charge in [-0.2, -0.15) is 0 Å². The second kappa shape index (κ2) is 4.58. The second-order valence-corrected chi connectivity index (χ2v) is 5.89. The van der Waals surface area contributed by atoms with Gasteiger partial charge in [0.1, 0.15) is 0 Å². The minimum Gasteiger partial charge on any atom is -0.393 e. The Morgan fingerprint density at radius 3 is 2.82 bits per heavy atom. The largest absolute Gasteiger partial charge is 0.393 e. The highest BCUT2D eigenvalue weighted by Gasteiger charge is 2.41. The molecule has 4 unspecified atom stereocenters. The summed E-state index contributed by atoms with van der Waals surface area (Å²) < 4.78 is 0. The van der Waals surface area contributed by atoms with Gasteiger partial charge < -0.3 is 10.4 Å². The normalized spacial score (nSPS) is 43.2. The number of nitrogens with one attached hydrogen (secondary N) is 1. The minimum atomic E-state index is -0.101. The van der Waals surface area contributed by atoms with E-state index in [-0.39, 0.29) is 18.1 Å². The van der Waals surface area contributed by atoms with Crippen molar-refractivity contribution in [3.63, 3.8) is 0 Å². The number of fused-ring (bicyclic) bond motifs is 1. The van der Waals surface area contributed by atoms with E-state index in [0.29, 0.717) is 11.8 Å². The number of carbonyl (C=O) groups is 1. The number of likely N-dealkylation sites (tertiary alicyclic amines) is 1. The highest BCUT2D eigenvalue weighted by atomic mass is 16.3. The van der Waals surface area contributed by atoms with Crippen LogP contribution in [0.4, 0.5) is 0 Å². The zero-order valence-corrected chi connectivity index (χ0v) is 10.3. The molecule has 3 aliphatic rings. The Balaban J connectivity index is 1.64. The van der Waals surface area contributed by atoms with Gasteiger partial charge in [-0.3, -0.25) is 9.69 Å². The molecule has 0 radical (unpaired) electrons. The molecule has 4 atom stereocenters. The average Bonchev–Trinajstić information content (AvgIpc) is 2.72. The van der Waals surface area contributed by atoms with Gasteiger partial charge in [0.05, 0.1) is 12.1 Å². The van der Waals surface area contributed by atoms with Crippen molar-refractivity contribution in [2.75, 3.05) is 19.6 Å². The van der Waals surface area contributed by atoms with Crippen LogP contribution in [0.2, 0.25) is 0 Å². The van der Waals surface area contributed by atoms with Gasteiger partial charge in [-0.05, 0) is 43.9 Å². The summed E-state index contributed by atoms with van der Waals surface area (Å²) in [7, 11) is 0. The summed E-state index contributed by atoms with van der Waals surface area (Å²) >= 11 is 0. The van der Waals surface area contributed by atoms with Crippen LogP contribution in [0, 0.1) is 11.8 Å². The lowest BCUT2D eigenvalue weighted by atomic mass is 9.80. The van der Waals surface area contributed by atoms with Crippen LogP contribution in [-0.2, 0) is 4.79 Å². The first-order chi connectivity index (χ1) is 8.24. The van der Waals surface area contributed by atoms with Gasteiger partial charge in [-0.1, -0.05) is 0 Å². The van der Waals surface area contributed by atoms with E-state index in [0.717, 1.165) is 51.7 Å². The number of aliphatic hydroxyl groups is 1. The number of carbonyl (C=O) groups excluding carboxylic acids is 1. The van der Waals surface area contributed by atoms with Crippen molar-refractivity contribution in [2.24, 2.45) is 11.8 Å². The second-order valence-electron chi connectivity index (χ2n) is 5.89. The molecule has 0 spiro atoms. The van der Waals surface area contributed by atoms with Gasteiger partial charge in [0, 0.05) is 19.6 Å². The lowest BCUT2D eigenvalue weighted by Crippen LogP contribution is -2.49. The molecule has 1 aliphatic carbocycles. The number of hydrogen-bond acceptors (Lipinski definition) is 3. The Labute approximate surface area is 102 Å². The summed E-state index contributed by atoms with van der Waals surface area (Å²) in [6.45, 7) is 2.92. The SMILES string of the molecule is O=C1NCCCC1N1CC2CCC(O)CC2C1. The molecule has 0 aromatic heterocycles. The molecular weight excluding hydrogens is 216 g/mol. The highest BCUT2D eigenvalue weighted by molar-refractivity contribution is 5.82. The Bertz CT molecular complexity index is 308. The lowest BCUT2D eigenvalue weighted by molar-refractivity contribution is -0.127. The Hall–Kier alpha value is -0.610. The van der Waals surface area contributed by atoms with Crippen LogP contribution in [-0.4, -0.2) is 47.7 Å². The first-order valence-corrected chi connectivity index (χ1v) is 6.94. The molecule has 2 N–H and O–H groups in total. The number of amides is 1. The highest BCUT2D eigenvalue weighted by Crippen LogP contribution is 2.37. The number of piperidine rings is 1. The van der Waals surface area contributed by atoms with Gasteiger partial charge in [-0.15, -0.1) is 0 Å². The molecule has 2 aliphatic heterocycles. The van der Waals surface area contributed by atoms with Crippen LogP contribution in [0.5, 0.6) is 0 Å². The van der Waals surface area contributed by atoms with E-state index in [1.165, 1.54) is 0 Å². The molecule has 3 rings (SSSR count). The van der Waals surface area contributed by atoms with Crippen molar-refractivity contribution >= 4 is 5.91 Å². The number of nitrogens with zero attached hydrogens (tertiary/aromatic N) is 1. The van der Waals surface area contributed by atoms with Gasteiger partial charge in [0.15, 0.2) is 0 Å². The molecule has 2 saturated heterocycles. The predicted octanol–water partition coefficient (Wildman–Crippen LogP) is 0.358. The maximum atomic E-state index is 11.8. The molecular formula is C13H22N2O2. The van der Waals surface area contributed by atoms with E-state index in [4.69, 9.17) is 0 Å². The fraction of sp³-hybridized carbons (Fsp3) is 0.923. The Kier molecular flexibility index (Phi) is 3.09. The lowest BCUT2D eigenvalue weighted by Gasteiger charge is -2.30. The molecule has 1 amide bonds. The van der Waals surface area contributed by atoms with Crippen LogP contribution < -0.4 is 5.32 Å². The van der Waals surface area contributed by atoms with E-state index in [9.17, 15) is 9.90 Å². The van der Waals surface area contributed by atoms with Gasteiger partial charge >= 0.3 is 0 Å². The fourth-order valence-electron chi connectivity index (χ4n) is 3.80. The smallest absolute Gasteiger partial charge is 0.237 e. The van der Waals surface area contributed by atoms with Crippen molar-refractivity contribution in [2.45, 2.75) is 44.2 Å². The van der Waals surface area contributed by atoms with Gasteiger partial charge in [0.2, 0.25) is 5.91 Å². The molecule has 0 bridgehead atoms. The third-order valence-corrected chi connectivity index (χ3v) is 4.75. The number of aliphatic hydroxyl groups excluding tert-OH is 1. The van der Waals surface area contributed by atoms with Crippen molar-refractivity contribution in [3.05, 3.63) is 0 Å². The van der Waals surface area contributed by atoms with Crippen LogP contribution in [0.3, 0.4) is 0 Å². The van der Waals surface area contributed by atoms with E-state index in [2.05, 4.69) is 10.2 Å². The van der Waals surface area contributed by atoms with E-state index < -0.39 is 0 Å². The topological polar surface area (TPSA) is 52.6 Å². The van der Waals surface area contributed by atoms with E-state index in [1.807, 2.05) is 0 Å². The maximum Gasteiger partial charge on any atom is 0.237 e. The summed E-state index contributed by atoms with van der Waals surface area (Å²) in [5.41, 5.74) is 0. The molecule has 0 aromatic carbocycles. The molecule has 4 nitrogen and oxygen atoms in total. The maximum absolute atomic E-state index is 11.8. The van der Waals surface area contributed by atoms with Crippen LogP contribution in [0.1, 0.15) is 32.1 Å². The molecule has 0 aromatic rings. The van der Waals surface area contributed by atoms with Crippen molar-refractivity contribution < 1.29 is 9.90 Å². The summed E-state index contributed by atoms with van der Waals surface area (Å²) in [5, 5.41) is 12.7. The predicted molar refractivity (Wildman–Crippen MR) is 64.4 cm³/mol. The summed E-state index contributed by atoms with van der Waals surface area (Å²) in [6.07, 6.45) is 5.04. The molecule has 1 saturated carbocycles. The Morgan fingerprint density at radius 2 is 2.00 bits per heavy atom. The summed E-state index contributed by atoms with van der Waals surface area (Å²) in [6, 6.07) is 0.103. The monoisotopic (exact) mass is 238 g/mol. The van der Waals surface area contributed by atoms with E-state index >= 15 is 0 Å². The first kappa shape index (κ1) is 11.5. The zero-order valence-electron chi connectivity index (χ0n) is 10.3. The van der Waals surface area contributed by atoms with Crippen LogP contribution in [0.25, 0.3) is 0 Å². The van der Waals surface area contributed by atoms with Gasteiger partial charge in [-0.25, -0.2) is 0 Å². The van der Waals surface area contributed by atoms with E-state index in [1.54, 1.807) is 0 Å². The number of hydrogen-bond donors (Lipinski definition) is 2. The quantitative estimate of drug-likeness (QED) is 0.693.